The molecule has 0 radical (unpaired) electrons. The first kappa shape index (κ1) is 10.4. The van der Waals surface area contributed by atoms with Crippen LogP contribution in [0.25, 0.3) is 11.4 Å². The van der Waals surface area contributed by atoms with Crippen molar-refractivity contribution in [1.82, 2.24) is 9.55 Å². The van der Waals surface area contributed by atoms with Crippen molar-refractivity contribution in [3.8, 4) is 17.5 Å². The average molecular weight is 211 g/mol. The Morgan fingerprint density at radius 3 is 2.62 bits per heavy atom. The van der Waals surface area contributed by atoms with Gasteiger partial charge in [-0.2, -0.15) is 5.26 Å². The van der Waals surface area contributed by atoms with E-state index in [1.165, 1.54) is 0 Å². The number of rotatable bonds is 2. The Morgan fingerprint density at radius 2 is 2.00 bits per heavy atom. The Balaban J connectivity index is 2.46. The van der Waals surface area contributed by atoms with Crippen molar-refractivity contribution in [2.45, 2.75) is 12.8 Å². The summed E-state index contributed by atoms with van der Waals surface area (Å²) in [4.78, 5) is 4.37. The van der Waals surface area contributed by atoms with Crippen LogP contribution in [0.3, 0.4) is 0 Å². The third-order valence-electron chi connectivity index (χ3n) is 2.69. The molecule has 0 amide bonds. The largest absolute Gasteiger partial charge is 0.330 e. The lowest BCUT2D eigenvalue weighted by molar-refractivity contribution is 0.798. The van der Waals surface area contributed by atoms with E-state index in [1.54, 1.807) is 6.20 Å². The van der Waals surface area contributed by atoms with Gasteiger partial charge in [-0.15, -0.1) is 0 Å². The van der Waals surface area contributed by atoms with Gasteiger partial charge in [-0.3, -0.25) is 0 Å². The molecule has 0 aliphatic rings. The van der Waals surface area contributed by atoms with Crippen LogP contribution in [-0.4, -0.2) is 9.55 Å². The minimum Gasteiger partial charge on any atom is -0.330 e. The van der Waals surface area contributed by atoms with Crippen LogP contribution < -0.4 is 0 Å². The van der Waals surface area contributed by atoms with Crippen molar-refractivity contribution < 1.29 is 0 Å². The number of hydrogen-bond donors (Lipinski definition) is 0. The topological polar surface area (TPSA) is 41.6 Å². The normalized spacial score (nSPS) is 12.1. The molecule has 0 fully saturated rings. The zero-order chi connectivity index (χ0) is 11.5. The molecule has 3 heteroatoms. The highest BCUT2D eigenvalue weighted by Gasteiger charge is 2.13. The van der Waals surface area contributed by atoms with Gasteiger partial charge in [0.1, 0.15) is 5.82 Å². The van der Waals surface area contributed by atoms with E-state index in [9.17, 15) is 0 Å². The maximum Gasteiger partial charge on any atom is 0.139 e. The first-order valence-electron chi connectivity index (χ1n) is 5.20. The van der Waals surface area contributed by atoms with Crippen molar-refractivity contribution in [2.24, 2.45) is 7.05 Å². The highest BCUT2D eigenvalue weighted by molar-refractivity contribution is 5.56. The predicted octanol–water partition coefficient (Wildman–Crippen LogP) is 2.71. The molecule has 0 N–H and O–H groups in total. The van der Waals surface area contributed by atoms with Crippen LogP contribution in [0.1, 0.15) is 18.5 Å². The molecule has 0 spiro atoms. The van der Waals surface area contributed by atoms with Crippen LogP contribution in [0.2, 0.25) is 0 Å². The summed E-state index contributed by atoms with van der Waals surface area (Å²) < 4.78 is 1.98. The Hall–Kier alpha value is -2.08. The molecule has 0 aliphatic heterocycles. The Labute approximate surface area is 95.0 Å². The summed E-state index contributed by atoms with van der Waals surface area (Å²) in [5.74, 6) is 0.771. The third kappa shape index (κ3) is 1.70. The van der Waals surface area contributed by atoms with Gasteiger partial charge in [0.15, 0.2) is 0 Å². The van der Waals surface area contributed by atoms with Crippen molar-refractivity contribution in [2.75, 3.05) is 0 Å². The fourth-order valence-corrected chi connectivity index (χ4v) is 1.75. The Bertz CT molecular complexity index is 520. The first-order valence-corrected chi connectivity index (χ1v) is 5.20. The fourth-order valence-electron chi connectivity index (χ4n) is 1.75. The van der Waals surface area contributed by atoms with Crippen molar-refractivity contribution in [1.29, 1.82) is 5.26 Å². The van der Waals surface area contributed by atoms with E-state index in [0.717, 1.165) is 17.1 Å². The van der Waals surface area contributed by atoms with Gasteiger partial charge in [-0.05, 0) is 6.92 Å². The summed E-state index contributed by atoms with van der Waals surface area (Å²) in [6.45, 7) is 1.88. The molecule has 2 rings (SSSR count). The summed E-state index contributed by atoms with van der Waals surface area (Å²) in [5.41, 5.74) is 2.02. The summed E-state index contributed by atoms with van der Waals surface area (Å²) in [5, 5.41) is 8.90. The number of nitriles is 1. The minimum absolute atomic E-state index is 0.130. The molecule has 80 valence electrons. The zero-order valence-corrected chi connectivity index (χ0v) is 9.38. The van der Waals surface area contributed by atoms with Crippen molar-refractivity contribution in [3.05, 3.63) is 42.2 Å². The van der Waals surface area contributed by atoms with Gasteiger partial charge in [0, 0.05) is 12.6 Å². The van der Waals surface area contributed by atoms with Crippen LogP contribution in [-0.2, 0) is 7.05 Å². The van der Waals surface area contributed by atoms with E-state index in [0.29, 0.717) is 0 Å². The van der Waals surface area contributed by atoms with E-state index in [-0.39, 0.29) is 5.92 Å². The van der Waals surface area contributed by atoms with Crippen molar-refractivity contribution >= 4 is 0 Å². The number of benzene rings is 1. The lowest BCUT2D eigenvalue weighted by Gasteiger charge is -2.06. The van der Waals surface area contributed by atoms with E-state index in [1.807, 2.05) is 48.9 Å². The number of imidazole rings is 1. The second-order valence-corrected chi connectivity index (χ2v) is 3.78. The maximum atomic E-state index is 8.90. The highest BCUT2D eigenvalue weighted by atomic mass is 15.1. The lowest BCUT2D eigenvalue weighted by Crippen LogP contribution is -2.01. The Kier molecular flexibility index (Phi) is 2.74. The molecular weight excluding hydrogens is 198 g/mol. The number of nitrogens with zero attached hydrogens (tertiary/aromatic N) is 3. The lowest BCUT2D eigenvalue weighted by atomic mass is 10.1. The molecule has 0 bridgehead atoms. The highest BCUT2D eigenvalue weighted by Crippen LogP contribution is 2.22. The minimum atomic E-state index is -0.130. The zero-order valence-electron chi connectivity index (χ0n) is 9.38. The predicted molar refractivity (Wildman–Crippen MR) is 62.7 cm³/mol. The SMILES string of the molecule is CC(C#N)c1cnc(-c2ccccc2)n1C. The van der Waals surface area contributed by atoms with Crippen LogP contribution in [0.5, 0.6) is 0 Å². The summed E-state index contributed by atoms with van der Waals surface area (Å²) >= 11 is 0. The summed E-state index contributed by atoms with van der Waals surface area (Å²) in [7, 11) is 1.94. The molecule has 1 heterocycles. The van der Waals surface area contributed by atoms with E-state index < -0.39 is 0 Å². The second-order valence-electron chi connectivity index (χ2n) is 3.78. The van der Waals surface area contributed by atoms with Gasteiger partial charge in [0.05, 0.1) is 23.9 Å². The van der Waals surface area contributed by atoms with Crippen LogP contribution in [0.15, 0.2) is 36.5 Å². The molecule has 1 unspecified atom stereocenters. The van der Waals surface area contributed by atoms with E-state index in [2.05, 4.69) is 11.1 Å². The van der Waals surface area contributed by atoms with Crippen LogP contribution in [0, 0.1) is 11.3 Å². The maximum absolute atomic E-state index is 8.90. The molecule has 2 aromatic rings. The third-order valence-corrected chi connectivity index (χ3v) is 2.69. The van der Waals surface area contributed by atoms with Gasteiger partial charge < -0.3 is 4.57 Å². The average Bonchev–Trinajstić information content (AvgIpc) is 2.71. The van der Waals surface area contributed by atoms with Gasteiger partial charge in [0.2, 0.25) is 0 Å². The van der Waals surface area contributed by atoms with Crippen molar-refractivity contribution in [3.63, 3.8) is 0 Å². The first-order chi connectivity index (χ1) is 7.74. The van der Waals surface area contributed by atoms with Gasteiger partial charge in [-0.1, -0.05) is 30.3 Å². The van der Waals surface area contributed by atoms with E-state index >= 15 is 0 Å². The molecule has 0 saturated heterocycles. The molecule has 1 atom stereocenters. The number of aromatic nitrogens is 2. The van der Waals surface area contributed by atoms with Gasteiger partial charge in [0.25, 0.3) is 0 Å². The number of hydrogen-bond acceptors (Lipinski definition) is 2. The molecule has 16 heavy (non-hydrogen) atoms. The van der Waals surface area contributed by atoms with E-state index in [4.69, 9.17) is 5.26 Å². The molecule has 3 nitrogen and oxygen atoms in total. The standard InChI is InChI=1S/C13H13N3/c1-10(8-14)12-9-15-13(16(12)2)11-6-4-3-5-7-11/h3-7,9-10H,1-2H3. The second kappa shape index (κ2) is 4.19. The van der Waals surface area contributed by atoms with Crippen LogP contribution in [0.4, 0.5) is 0 Å². The molecule has 1 aromatic carbocycles. The monoisotopic (exact) mass is 211 g/mol. The fraction of sp³-hybridized carbons (Fsp3) is 0.231. The molecule has 0 saturated carbocycles. The van der Waals surface area contributed by atoms with Gasteiger partial charge >= 0.3 is 0 Å². The molecule has 0 aliphatic carbocycles. The molecular formula is C13H13N3. The molecule has 1 aromatic heterocycles. The summed E-state index contributed by atoms with van der Waals surface area (Å²) in [6.07, 6.45) is 1.77. The van der Waals surface area contributed by atoms with Crippen LogP contribution >= 0.6 is 0 Å². The smallest absolute Gasteiger partial charge is 0.139 e. The summed E-state index contributed by atoms with van der Waals surface area (Å²) in [6, 6.07) is 12.2. The van der Waals surface area contributed by atoms with Gasteiger partial charge in [-0.25, -0.2) is 4.98 Å². The Morgan fingerprint density at radius 1 is 1.31 bits per heavy atom. The quantitative estimate of drug-likeness (QED) is 0.766.